The molecule has 0 bridgehead atoms. The molecule has 8 heteroatoms. The van der Waals surface area contributed by atoms with Gasteiger partial charge in [0, 0.05) is 19.4 Å². The number of aldehydes is 1. The van der Waals surface area contributed by atoms with Crippen molar-refractivity contribution in [3.63, 3.8) is 0 Å². The summed E-state index contributed by atoms with van der Waals surface area (Å²) in [6.45, 7) is 0. The van der Waals surface area contributed by atoms with E-state index in [1.165, 1.54) is 17.0 Å². The molecule has 0 aliphatic heterocycles. The van der Waals surface area contributed by atoms with Crippen LogP contribution in [0.2, 0.25) is 0 Å². The molecule has 2 aromatic rings. The summed E-state index contributed by atoms with van der Waals surface area (Å²) in [4.78, 5) is 29.4. The van der Waals surface area contributed by atoms with Gasteiger partial charge in [0.15, 0.2) is 16.6 Å². The molecule has 0 aromatic carbocycles. The third-order valence-electron chi connectivity index (χ3n) is 1.81. The van der Waals surface area contributed by atoms with E-state index in [1.54, 1.807) is 7.05 Å². The molecule has 2 heterocycles. The van der Waals surface area contributed by atoms with Crippen molar-refractivity contribution in [3.8, 4) is 0 Å². The van der Waals surface area contributed by atoms with E-state index in [-0.39, 0.29) is 5.69 Å². The second-order valence-corrected chi connectivity index (χ2v) is 3.82. The molecule has 0 amide bonds. The van der Waals surface area contributed by atoms with Crippen molar-refractivity contribution in [3.05, 3.63) is 28.4 Å². The van der Waals surface area contributed by atoms with Crippen LogP contribution in [0.15, 0.2) is 27.5 Å². The summed E-state index contributed by atoms with van der Waals surface area (Å²) < 4.78 is 1.35. The minimum atomic E-state index is -0.299. The number of hydrogen-bond acceptors (Lipinski definition) is 6. The Bertz CT molecular complexity index is 559. The van der Waals surface area contributed by atoms with Gasteiger partial charge in [0.2, 0.25) is 0 Å². The summed E-state index contributed by atoms with van der Waals surface area (Å²) in [6, 6.07) is 0. The second kappa shape index (κ2) is 4.27. The molecular formula is C8H7N5O2S. The maximum atomic E-state index is 11.1. The Morgan fingerprint density at radius 2 is 2.12 bits per heavy atom. The van der Waals surface area contributed by atoms with Gasteiger partial charge in [0.1, 0.15) is 0 Å². The van der Waals surface area contributed by atoms with E-state index in [4.69, 9.17) is 0 Å². The first kappa shape index (κ1) is 10.6. The SMILES string of the molecule is Cn1c(Sc2ncc(C=O)cn2)n[nH]c1=O. The van der Waals surface area contributed by atoms with Crippen molar-refractivity contribution in [2.45, 2.75) is 10.3 Å². The molecular weight excluding hydrogens is 230 g/mol. The van der Waals surface area contributed by atoms with Gasteiger partial charge in [-0.1, -0.05) is 0 Å². The predicted octanol–water partition coefficient (Wildman–Crippen LogP) is -0.138. The number of hydrogen-bond donors (Lipinski definition) is 1. The van der Waals surface area contributed by atoms with Gasteiger partial charge in [0.05, 0.1) is 5.56 Å². The van der Waals surface area contributed by atoms with Crippen molar-refractivity contribution < 1.29 is 4.79 Å². The van der Waals surface area contributed by atoms with Crippen molar-refractivity contribution in [1.29, 1.82) is 0 Å². The van der Waals surface area contributed by atoms with Crippen LogP contribution >= 0.6 is 11.8 Å². The first-order valence-electron chi connectivity index (χ1n) is 4.27. The van der Waals surface area contributed by atoms with Crippen LogP contribution in [0.4, 0.5) is 0 Å². The number of aromatic amines is 1. The van der Waals surface area contributed by atoms with E-state index in [1.807, 2.05) is 0 Å². The maximum absolute atomic E-state index is 11.1. The van der Waals surface area contributed by atoms with Crippen LogP contribution in [0.5, 0.6) is 0 Å². The van der Waals surface area contributed by atoms with E-state index in [2.05, 4.69) is 20.2 Å². The van der Waals surface area contributed by atoms with Gasteiger partial charge in [-0.25, -0.2) is 19.9 Å². The number of aromatic nitrogens is 5. The van der Waals surface area contributed by atoms with Crippen molar-refractivity contribution in [2.24, 2.45) is 7.05 Å². The number of nitrogens with zero attached hydrogens (tertiary/aromatic N) is 4. The molecule has 0 aliphatic carbocycles. The Labute approximate surface area is 93.9 Å². The highest BCUT2D eigenvalue weighted by Crippen LogP contribution is 2.19. The van der Waals surface area contributed by atoms with E-state index in [0.29, 0.717) is 22.2 Å². The summed E-state index contributed by atoms with van der Waals surface area (Å²) in [5.41, 5.74) is 0.104. The topological polar surface area (TPSA) is 93.5 Å². The number of rotatable bonds is 3. The normalized spacial score (nSPS) is 10.3. The number of nitrogens with one attached hydrogen (secondary N) is 1. The summed E-state index contributed by atoms with van der Waals surface area (Å²) in [7, 11) is 1.59. The summed E-state index contributed by atoms with van der Waals surface area (Å²) in [5, 5.41) is 6.98. The first-order valence-corrected chi connectivity index (χ1v) is 5.09. The van der Waals surface area contributed by atoms with E-state index in [0.717, 1.165) is 11.8 Å². The van der Waals surface area contributed by atoms with E-state index >= 15 is 0 Å². The van der Waals surface area contributed by atoms with Crippen LogP contribution in [-0.2, 0) is 7.05 Å². The Morgan fingerprint density at radius 1 is 1.44 bits per heavy atom. The van der Waals surface area contributed by atoms with Crippen LogP contribution < -0.4 is 5.69 Å². The minimum absolute atomic E-state index is 0.299. The lowest BCUT2D eigenvalue weighted by Crippen LogP contribution is -2.12. The molecule has 16 heavy (non-hydrogen) atoms. The maximum Gasteiger partial charge on any atom is 0.343 e. The zero-order valence-electron chi connectivity index (χ0n) is 8.25. The Balaban J connectivity index is 2.23. The molecule has 0 unspecified atom stereocenters. The molecule has 0 aliphatic rings. The molecule has 0 spiro atoms. The average molecular weight is 237 g/mol. The van der Waals surface area contributed by atoms with Gasteiger partial charge < -0.3 is 0 Å². The molecule has 0 fully saturated rings. The molecule has 7 nitrogen and oxygen atoms in total. The zero-order chi connectivity index (χ0) is 11.5. The Kier molecular flexibility index (Phi) is 2.82. The number of H-pyrrole nitrogens is 1. The monoisotopic (exact) mass is 237 g/mol. The highest BCUT2D eigenvalue weighted by atomic mass is 32.2. The van der Waals surface area contributed by atoms with Gasteiger partial charge in [-0.3, -0.25) is 9.36 Å². The predicted molar refractivity (Wildman–Crippen MR) is 55.4 cm³/mol. The van der Waals surface area contributed by atoms with Gasteiger partial charge in [0.25, 0.3) is 0 Å². The third-order valence-corrected chi connectivity index (χ3v) is 2.75. The standard InChI is InChI=1S/C8H7N5O2S/c1-13-7(15)11-12-8(13)16-6-9-2-5(4-14)3-10-6/h2-4H,1H3,(H,11,15). The average Bonchev–Trinajstić information content (AvgIpc) is 2.62. The summed E-state index contributed by atoms with van der Waals surface area (Å²) in [6.07, 6.45) is 3.49. The van der Waals surface area contributed by atoms with E-state index < -0.39 is 0 Å². The van der Waals surface area contributed by atoms with Gasteiger partial charge in [-0.2, -0.15) is 0 Å². The molecule has 0 atom stereocenters. The van der Waals surface area contributed by atoms with Gasteiger partial charge >= 0.3 is 5.69 Å². The van der Waals surface area contributed by atoms with E-state index in [9.17, 15) is 9.59 Å². The molecule has 1 N–H and O–H groups in total. The number of carbonyl (C=O) groups is 1. The van der Waals surface area contributed by atoms with Crippen molar-refractivity contribution in [1.82, 2.24) is 24.7 Å². The first-order chi connectivity index (χ1) is 7.70. The molecule has 82 valence electrons. The van der Waals surface area contributed by atoms with Gasteiger partial charge in [-0.15, -0.1) is 5.10 Å². The fourth-order valence-electron chi connectivity index (χ4n) is 0.945. The molecule has 0 radical (unpaired) electrons. The fourth-order valence-corrected chi connectivity index (χ4v) is 1.63. The lowest BCUT2D eigenvalue weighted by Gasteiger charge is -1.97. The number of carbonyl (C=O) groups excluding carboxylic acids is 1. The zero-order valence-corrected chi connectivity index (χ0v) is 9.06. The lowest BCUT2D eigenvalue weighted by atomic mass is 10.4. The quantitative estimate of drug-likeness (QED) is 0.590. The summed E-state index contributed by atoms with van der Waals surface area (Å²) in [5.74, 6) is 0. The van der Waals surface area contributed by atoms with Crippen LogP contribution in [0.25, 0.3) is 0 Å². The van der Waals surface area contributed by atoms with Crippen molar-refractivity contribution >= 4 is 18.0 Å². The Morgan fingerprint density at radius 3 is 2.62 bits per heavy atom. The highest BCUT2D eigenvalue weighted by molar-refractivity contribution is 7.99. The van der Waals surface area contributed by atoms with Crippen LogP contribution in [0, 0.1) is 0 Å². The fraction of sp³-hybridized carbons (Fsp3) is 0.125. The lowest BCUT2D eigenvalue weighted by molar-refractivity contribution is 0.112. The third kappa shape index (κ3) is 2.01. The van der Waals surface area contributed by atoms with Crippen LogP contribution in [-0.4, -0.2) is 31.0 Å². The minimum Gasteiger partial charge on any atom is -0.298 e. The van der Waals surface area contributed by atoms with Crippen LogP contribution in [0.1, 0.15) is 10.4 Å². The molecule has 2 rings (SSSR count). The summed E-state index contributed by atoms with van der Waals surface area (Å²) >= 11 is 1.14. The highest BCUT2D eigenvalue weighted by Gasteiger charge is 2.07. The Hall–Kier alpha value is -1.96. The van der Waals surface area contributed by atoms with Gasteiger partial charge in [-0.05, 0) is 11.8 Å². The van der Waals surface area contributed by atoms with Crippen LogP contribution in [0.3, 0.4) is 0 Å². The molecule has 2 aromatic heterocycles. The molecule has 0 saturated carbocycles. The molecule has 0 saturated heterocycles. The van der Waals surface area contributed by atoms with Crippen molar-refractivity contribution in [2.75, 3.05) is 0 Å². The smallest absolute Gasteiger partial charge is 0.298 e. The largest absolute Gasteiger partial charge is 0.343 e. The second-order valence-electron chi connectivity index (χ2n) is 2.89.